The Labute approximate surface area is 161 Å². The molecule has 0 aliphatic heterocycles. The summed E-state index contributed by atoms with van der Waals surface area (Å²) in [6.45, 7) is 1.63. The number of benzene rings is 3. The molecular weight excluding hydrogens is 355 g/mol. The summed E-state index contributed by atoms with van der Waals surface area (Å²) in [4.78, 5) is 16.1. The van der Waals surface area contributed by atoms with Gasteiger partial charge in [0.2, 0.25) is 0 Å². The molecule has 3 aromatic carbocycles. The number of anilines is 2. The molecule has 4 aromatic rings. The molecule has 1 aromatic heterocycles. The van der Waals surface area contributed by atoms with Gasteiger partial charge in [0.25, 0.3) is 0 Å². The van der Waals surface area contributed by atoms with E-state index in [4.69, 9.17) is 0 Å². The maximum atomic E-state index is 13.6. The Balaban J connectivity index is 1.73. The second-order valence-corrected chi connectivity index (χ2v) is 6.48. The molecule has 0 aliphatic rings. The number of rotatable bonds is 4. The molecule has 0 saturated carbocycles. The first-order valence-corrected chi connectivity index (χ1v) is 8.76. The van der Waals surface area contributed by atoms with E-state index in [9.17, 15) is 14.3 Å². The Hall–Kier alpha value is -3.73. The van der Waals surface area contributed by atoms with Crippen molar-refractivity contribution in [1.29, 1.82) is 0 Å². The van der Waals surface area contributed by atoms with E-state index in [2.05, 4.69) is 10.3 Å². The maximum Gasteiger partial charge on any atom is 0.134 e. The van der Waals surface area contributed by atoms with Crippen LogP contribution in [0.1, 0.15) is 15.9 Å². The van der Waals surface area contributed by atoms with Gasteiger partial charge in [-0.25, -0.2) is 9.37 Å². The van der Waals surface area contributed by atoms with Crippen molar-refractivity contribution in [2.75, 3.05) is 5.32 Å². The molecule has 138 valence electrons. The maximum absolute atomic E-state index is 13.6. The summed E-state index contributed by atoms with van der Waals surface area (Å²) >= 11 is 0. The van der Waals surface area contributed by atoms with Crippen LogP contribution in [0.2, 0.25) is 0 Å². The molecule has 5 heteroatoms. The number of pyridine rings is 1. The lowest BCUT2D eigenvalue weighted by Crippen LogP contribution is -2.24. The molecule has 4 rings (SSSR count). The van der Waals surface area contributed by atoms with Gasteiger partial charge in [-0.2, -0.15) is 0 Å². The van der Waals surface area contributed by atoms with Crippen molar-refractivity contribution >= 4 is 28.4 Å². The van der Waals surface area contributed by atoms with Gasteiger partial charge in [0.1, 0.15) is 11.6 Å². The molecule has 1 N–H and O–H groups in total. The predicted molar refractivity (Wildman–Crippen MR) is 106 cm³/mol. The van der Waals surface area contributed by atoms with Gasteiger partial charge < -0.3 is 15.2 Å². The molecule has 0 amide bonds. The third-order valence-corrected chi connectivity index (χ3v) is 4.65. The average Bonchev–Trinajstić information content (AvgIpc) is 2.70. The molecule has 0 fully saturated rings. The fraction of sp³-hybridized carbons (Fsp3) is 0.0435. The lowest BCUT2D eigenvalue weighted by molar-refractivity contribution is -0.254. The number of hydrogen-bond acceptors (Lipinski definition) is 4. The number of carboxylic acids is 1. The fourth-order valence-corrected chi connectivity index (χ4v) is 3.23. The highest BCUT2D eigenvalue weighted by atomic mass is 19.1. The van der Waals surface area contributed by atoms with Crippen molar-refractivity contribution in [1.82, 2.24) is 4.98 Å². The number of hydrogen-bond donors (Lipinski definition) is 1. The lowest BCUT2D eigenvalue weighted by atomic mass is 10.0. The zero-order chi connectivity index (χ0) is 19.7. The highest BCUT2D eigenvalue weighted by molar-refractivity contribution is 6.04. The quantitative estimate of drug-likeness (QED) is 0.575. The minimum atomic E-state index is -1.36. The van der Waals surface area contributed by atoms with Crippen LogP contribution in [0.4, 0.5) is 15.9 Å². The predicted octanol–water partition coefficient (Wildman–Crippen LogP) is 4.46. The molecule has 0 saturated heterocycles. The summed E-state index contributed by atoms with van der Waals surface area (Å²) in [5.74, 6) is -1.49. The number of carbonyl (C=O) groups is 1. The van der Waals surface area contributed by atoms with E-state index in [0.717, 1.165) is 16.8 Å². The van der Waals surface area contributed by atoms with Gasteiger partial charge in [-0.15, -0.1) is 0 Å². The van der Waals surface area contributed by atoms with Gasteiger partial charge in [-0.05, 0) is 48.4 Å². The number of carbonyl (C=O) groups excluding carboxylic acids is 1. The highest BCUT2D eigenvalue weighted by Crippen LogP contribution is 2.29. The van der Waals surface area contributed by atoms with Gasteiger partial charge in [0.05, 0.1) is 11.5 Å². The van der Waals surface area contributed by atoms with Crippen molar-refractivity contribution in [2.24, 2.45) is 0 Å². The number of halogens is 1. The second-order valence-electron chi connectivity index (χ2n) is 6.48. The Morgan fingerprint density at radius 1 is 0.964 bits per heavy atom. The van der Waals surface area contributed by atoms with Crippen molar-refractivity contribution in [3.05, 3.63) is 89.7 Å². The number of aromatic carboxylic acids is 1. The monoisotopic (exact) mass is 371 g/mol. The van der Waals surface area contributed by atoms with E-state index < -0.39 is 11.8 Å². The number of aromatic nitrogens is 1. The second kappa shape index (κ2) is 7.12. The topological polar surface area (TPSA) is 65.0 Å². The number of fused-ring (bicyclic) bond motifs is 1. The van der Waals surface area contributed by atoms with Crippen LogP contribution in [-0.2, 0) is 0 Å². The normalized spacial score (nSPS) is 10.8. The van der Waals surface area contributed by atoms with E-state index in [0.29, 0.717) is 16.9 Å². The summed E-state index contributed by atoms with van der Waals surface area (Å²) in [6, 6.07) is 21.6. The molecule has 0 spiro atoms. The summed E-state index contributed by atoms with van der Waals surface area (Å²) < 4.78 is 13.6. The van der Waals surface area contributed by atoms with Crippen LogP contribution in [0.3, 0.4) is 0 Å². The molecule has 0 atom stereocenters. The average molecular weight is 371 g/mol. The first-order valence-electron chi connectivity index (χ1n) is 8.76. The molecule has 0 unspecified atom stereocenters. The van der Waals surface area contributed by atoms with Crippen LogP contribution in [0.25, 0.3) is 22.0 Å². The number of nitrogens with one attached hydrogen (secondary N) is 1. The van der Waals surface area contributed by atoms with Crippen molar-refractivity contribution in [2.45, 2.75) is 6.92 Å². The minimum absolute atomic E-state index is 0.0621. The van der Waals surface area contributed by atoms with Gasteiger partial charge in [0.15, 0.2) is 0 Å². The Kier molecular flexibility index (Phi) is 4.49. The summed E-state index contributed by atoms with van der Waals surface area (Å²) in [6.07, 6.45) is 0. The van der Waals surface area contributed by atoms with Crippen molar-refractivity contribution in [3.8, 4) is 11.1 Å². The fourth-order valence-electron chi connectivity index (χ4n) is 3.23. The van der Waals surface area contributed by atoms with Gasteiger partial charge in [0, 0.05) is 22.2 Å². The van der Waals surface area contributed by atoms with E-state index in [1.54, 1.807) is 6.92 Å². The molecular formula is C23H16FN2O2-. The van der Waals surface area contributed by atoms with E-state index >= 15 is 0 Å². The zero-order valence-corrected chi connectivity index (χ0v) is 15.1. The van der Waals surface area contributed by atoms with Crippen LogP contribution in [0, 0.1) is 12.7 Å². The van der Waals surface area contributed by atoms with Crippen LogP contribution in [-0.4, -0.2) is 11.0 Å². The smallest absolute Gasteiger partial charge is 0.134 e. The Bertz CT molecular complexity index is 1170. The Morgan fingerprint density at radius 2 is 1.64 bits per heavy atom. The third-order valence-electron chi connectivity index (χ3n) is 4.65. The molecule has 28 heavy (non-hydrogen) atoms. The number of carboxylic acid groups (broad SMARTS) is 1. The molecule has 0 bridgehead atoms. The van der Waals surface area contributed by atoms with Crippen molar-refractivity contribution < 1.29 is 14.3 Å². The summed E-state index contributed by atoms with van der Waals surface area (Å²) in [5, 5.41) is 15.0. The minimum Gasteiger partial charge on any atom is -0.545 e. The first kappa shape index (κ1) is 17.7. The number of nitrogens with zero attached hydrogens (tertiary/aromatic N) is 1. The largest absolute Gasteiger partial charge is 0.545 e. The molecule has 0 aliphatic carbocycles. The first-order chi connectivity index (χ1) is 13.5. The third kappa shape index (κ3) is 3.30. The summed E-state index contributed by atoms with van der Waals surface area (Å²) in [5.41, 5.74) is 3.66. The molecule has 1 heterocycles. The van der Waals surface area contributed by atoms with Gasteiger partial charge >= 0.3 is 0 Å². The van der Waals surface area contributed by atoms with Crippen LogP contribution >= 0.6 is 0 Å². The lowest BCUT2D eigenvalue weighted by Gasteiger charge is -2.16. The standard InChI is InChI=1S/C23H17FN2O2/c1-14-21(23(27)28)19-13-17(24)9-12-20(19)26-22(14)25-18-10-7-16(8-11-18)15-5-3-2-4-6-15/h2-13H,1H3,(H,25,26)(H,27,28)/p-1. The van der Waals surface area contributed by atoms with Gasteiger partial charge in [-0.3, -0.25) is 0 Å². The van der Waals surface area contributed by atoms with Crippen LogP contribution < -0.4 is 10.4 Å². The zero-order valence-electron chi connectivity index (χ0n) is 15.1. The SMILES string of the molecule is Cc1c(Nc2ccc(-c3ccccc3)cc2)nc2ccc(F)cc2c1C(=O)[O-]. The van der Waals surface area contributed by atoms with E-state index in [1.165, 1.54) is 18.2 Å². The molecule has 4 nitrogen and oxygen atoms in total. The van der Waals surface area contributed by atoms with Crippen LogP contribution in [0.5, 0.6) is 0 Å². The summed E-state index contributed by atoms with van der Waals surface area (Å²) in [7, 11) is 0. The van der Waals surface area contributed by atoms with Crippen molar-refractivity contribution in [3.63, 3.8) is 0 Å². The van der Waals surface area contributed by atoms with Gasteiger partial charge in [-0.1, -0.05) is 42.5 Å². The van der Waals surface area contributed by atoms with E-state index in [-0.39, 0.29) is 10.9 Å². The molecule has 0 radical (unpaired) electrons. The Morgan fingerprint density at radius 3 is 2.32 bits per heavy atom. The highest BCUT2D eigenvalue weighted by Gasteiger charge is 2.14. The van der Waals surface area contributed by atoms with E-state index in [1.807, 2.05) is 54.6 Å². The van der Waals surface area contributed by atoms with Crippen LogP contribution in [0.15, 0.2) is 72.8 Å².